The van der Waals surface area contributed by atoms with E-state index in [9.17, 15) is 14.0 Å². The lowest BCUT2D eigenvalue weighted by atomic mass is 9.88. The maximum Gasteiger partial charge on any atom is 0.282 e. The van der Waals surface area contributed by atoms with Gasteiger partial charge in [-0.1, -0.05) is 31.4 Å². The van der Waals surface area contributed by atoms with E-state index in [4.69, 9.17) is 9.72 Å². The number of rotatable bonds is 7. The fourth-order valence-electron chi connectivity index (χ4n) is 4.59. The summed E-state index contributed by atoms with van der Waals surface area (Å²) in [6.45, 7) is -0.191. The Morgan fingerprint density at radius 3 is 2.63 bits per heavy atom. The van der Waals surface area contributed by atoms with E-state index in [-0.39, 0.29) is 29.8 Å². The highest BCUT2D eigenvalue weighted by Gasteiger charge is 2.22. The largest absolute Gasteiger partial charge is 0.483 e. The molecule has 38 heavy (non-hydrogen) atoms. The van der Waals surface area contributed by atoms with Gasteiger partial charge in [0, 0.05) is 11.6 Å². The molecule has 194 valence electrons. The van der Waals surface area contributed by atoms with Crippen molar-refractivity contribution in [1.29, 1.82) is 0 Å². The van der Waals surface area contributed by atoms with Crippen LogP contribution < -0.4 is 15.6 Å². The predicted molar refractivity (Wildman–Crippen MR) is 155 cm³/mol. The van der Waals surface area contributed by atoms with Crippen LogP contribution in [-0.4, -0.2) is 28.4 Å². The quantitative estimate of drug-likeness (QED) is 0.199. The van der Waals surface area contributed by atoms with Crippen LogP contribution >= 0.6 is 22.6 Å². The van der Waals surface area contributed by atoms with Gasteiger partial charge in [0.05, 0.1) is 20.7 Å². The zero-order chi connectivity index (χ0) is 26.5. The van der Waals surface area contributed by atoms with Crippen LogP contribution in [0, 0.1) is 9.39 Å². The molecule has 1 aromatic heterocycles. The Bertz CT molecular complexity index is 1550. The number of fused-ring (bicyclic) bond motifs is 1. The molecule has 0 spiro atoms. The van der Waals surface area contributed by atoms with Crippen molar-refractivity contribution in [1.82, 2.24) is 9.66 Å². The molecular formula is C29H26FIN4O3. The number of aromatic nitrogens is 2. The lowest BCUT2D eigenvalue weighted by molar-refractivity contribution is -0.118. The number of nitrogens with zero attached hydrogens (tertiary/aromatic N) is 3. The van der Waals surface area contributed by atoms with E-state index in [0.29, 0.717) is 28.2 Å². The second-order valence-electron chi connectivity index (χ2n) is 9.22. The zero-order valence-corrected chi connectivity index (χ0v) is 22.7. The number of benzene rings is 3. The minimum atomic E-state index is -0.371. The molecule has 5 rings (SSSR count). The summed E-state index contributed by atoms with van der Waals surface area (Å²) < 4.78 is 21.0. The monoisotopic (exact) mass is 624 g/mol. The Labute approximate surface area is 232 Å². The third kappa shape index (κ3) is 6.09. The first-order valence-electron chi connectivity index (χ1n) is 12.5. The molecule has 0 saturated heterocycles. The number of carbonyl (C=O) groups excluding carboxylic acids is 1. The molecule has 0 radical (unpaired) electrons. The third-order valence-electron chi connectivity index (χ3n) is 6.51. The van der Waals surface area contributed by atoms with E-state index in [1.54, 1.807) is 18.3 Å². The van der Waals surface area contributed by atoms with Gasteiger partial charge in [-0.05, 0) is 95.6 Å². The number of carbonyl (C=O) groups is 1. The first kappa shape index (κ1) is 26.0. The maximum atomic E-state index is 13.4. The van der Waals surface area contributed by atoms with E-state index >= 15 is 0 Å². The second-order valence-corrected chi connectivity index (χ2v) is 10.4. The Balaban J connectivity index is 1.33. The molecule has 4 aromatic rings. The van der Waals surface area contributed by atoms with E-state index in [0.717, 1.165) is 34.8 Å². The number of nitrogens with one attached hydrogen (secondary N) is 1. The van der Waals surface area contributed by atoms with Gasteiger partial charge in [-0.3, -0.25) is 9.59 Å². The average molecular weight is 624 g/mol. The summed E-state index contributed by atoms with van der Waals surface area (Å²) in [4.78, 5) is 30.4. The van der Waals surface area contributed by atoms with Gasteiger partial charge in [0.15, 0.2) is 6.61 Å². The number of para-hydroxylation sites is 1. The van der Waals surface area contributed by atoms with Crippen LogP contribution in [0.1, 0.15) is 49.4 Å². The first-order valence-corrected chi connectivity index (χ1v) is 13.6. The van der Waals surface area contributed by atoms with Gasteiger partial charge in [-0.15, -0.1) is 0 Å². The molecule has 1 N–H and O–H groups in total. The summed E-state index contributed by atoms with van der Waals surface area (Å²) in [5.74, 6) is 0.743. The molecular weight excluding hydrogens is 598 g/mol. The van der Waals surface area contributed by atoms with E-state index in [2.05, 4.69) is 33.0 Å². The van der Waals surface area contributed by atoms with Crippen LogP contribution in [0.5, 0.6) is 5.75 Å². The van der Waals surface area contributed by atoms with Gasteiger partial charge >= 0.3 is 0 Å². The minimum Gasteiger partial charge on any atom is -0.483 e. The van der Waals surface area contributed by atoms with Crippen molar-refractivity contribution in [2.45, 2.75) is 38.0 Å². The Morgan fingerprint density at radius 2 is 1.87 bits per heavy atom. The van der Waals surface area contributed by atoms with Crippen LogP contribution in [0.15, 0.2) is 76.6 Å². The summed E-state index contributed by atoms with van der Waals surface area (Å²) >= 11 is 2.13. The Kier molecular flexibility index (Phi) is 8.11. The van der Waals surface area contributed by atoms with Crippen LogP contribution in [-0.2, 0) is 4.79 Å². The topological polar surface area (TPSA) is 85.6 Å². The van der Waals surface area contributed by atoms with Gasteiger partial charge in [-0.2, -0.15) is 9.78 Å². The molecule has 9 heteroatoms. The molecule has 1 aliphatic carbocycles. The minimum absolute atomic E-state index is 0.172. The van der Waals surface area contributed by atoms with Crippen molar-refractivity contribution in [3.05, 3.63) is 97.9 Å². The molecule has 0 unspecified atom stereocenters. The van der Waals surface area contributed by atoms with E-state index < -0.39 is 0 Å². The summed E-state index contributed by atoms with van der Waals surface area (Å²) in [5, 5.41) is 7.79. The van der Waals surface area contributed by atoms with Crippen molar-refractivity contribution in [3.8, 4) is 5.75 Å². The van der Waals surface area contributed by atoms with Crippen molar-refractivity contribution >= 4 is 51.3 Å². The van der Waals surface area contributed by atoms with Crippen LogP contribution in [0.4, 0.5) is 10.1 Å². The SMILES string of the molecule is O=C(COc1ccc(C=Nn2c(C3CCCCC3)nc3ccccc3c2=O)cc1I)Nc1ccc(F)cc1. The molecule has 1 amide bonds. The molecule has 1 heterocycles. The molecule has 1 aliphatic rings. The molecule has 0 bridgehead atoms. The second kappa shape index (κ2) is 11.8. The number of hydrogen-bond donors (Lipinski definition) is 1. The van der Waals surface area contributed by atoms with Crippen molar-refractivity contribution < 1.29 is 13.9 Å². The lowest BCUT2D eigenvalue weighted by Gasteiger charge is -2.22. The lowest BCUT2D eigenvalue weighted by Crippen LogP contribution is -2.25. The van der Waals surface area contributed by atoms with Gasteiger partial charge in [-0.25, -0.2) is 9.37 Å². The summed E-state index contributed by atoms with van der Waals surface area (Å²) in [7, 11) is 0. The third-order valence-corrected chi connectivity index (χ3v) is 7.36. The van der Waals surface area contributed by atoms with Gasteiger partial charge in [0.25, 0.3) is 11.5 Å². The molecule has 1 fully saturated rings. The molecule has 3 aromatic carbocycles. The normalized spacial score (nSPS) is 14.2. The van der Waals surface area contributed by atoms with Crippen LogP contribution in [0.25, 0.3) is 10.9 Å². The molecule has 1 saturated carbocycles. The highest BCUT2D eigenvalue weighted by Crippen LogP contribution is 2.31. The average Bonchev–Trinajstić information content (AvgIpc) is 2.94. The van der Waals surface area contributed by atoms with E-state index in [1.165, 1.54) is 35.4 Å². The Morgan fingerprint density at radius 1 is 1.11 bits per heavy atom. The fourth-order valence-corrected chi connectivity index (χ4v) is 5.29. The van der Waals surface area contributed by atoms with Crippen LogP contribution in [0.3, 0.4) is 0 Å². The van der Waals surface area contributed by atoms with Gasteiger partial charge < -0.3 is 10.1 Å². The smallest absolute Gasteiger partial charge is 0.282 e. The van der Waals surface area contributed by atoms with Gasteiger partial charge in [0.2, 0.25) is 0 Å². The highest BCUT2D eigenvalue weighted by molar-refractivity contribution is 14.1. The molecule has 7 nitrogen and oxygen atoms in total. The standard InChI is InChI=1S/C29H26FIN4O3/c30-21-11-13-22(14-12-21)33-27(36)18-38-26-15-10-19(16-24(26)31)17-32-35-28(20-6-2-1-3-7-20)34-25-9-5-4-8-23(25)29(35)37/h4-5,8-17,20H,1-3,6-7,18H2,(H,33,36). The fraction of sp³-hybridized carbons (Fsp3) is 0.241. The number of anilines is 1. The number of hydrogen-bond acceptors (Lipinski definition) is 5. The Hall–Kier alpha value is -3.60. The molecule has 0 atom stereocenters. The summed E-state index contributed by atoms with van der Waals surface area (Å²) in [6, 6.07) is 18.4. The predicted octanol–water partition coefficient (Wildman–Crippen LogP) is 6.09. The zero-order valence-electron chi connectivity index (χ0n) is 20.6. The van der Waals surface area contributed by atoms with Gasteiger partial charge in [0.1, 0.15) is 17.4 Å². The van der Waals surface area contributed by atoms with Crippen LogP contribution in [0.2, 0.25) is 0 Å². The molecule has 0 aliphatic heterocycles. The van der Waals surface area contributed by atoms with Crippen molar-refractivity contribution in [3.63, 3.8) is 0 Å². The summed E-state index contributed by atoms with van der Waals surface area (Å²) in [6.07, 6.45) is 7.10. The first-order chi connectivity index (χ1) is 18.5. The number of amides is 1. The summed E-state index contributed by atoms with van der Waals surface area (Å²) in [5.41, 5.74) is 1.80. The van der Waals surface area contributed by atoms with E-state index in [1.807, 2.05) is 30.3 Å². The van der Waals surface area contributed by atoms with Crippen molar-refractivity contribution in [2.24, 2.45) is 5.10 Å². The number of ether oxygens (including phenoxy) is 1. The van der Waals surface area contributed by atoms with Crippen molar-refractivity contribution in [2.75, 3.05) is 11.9 Å². The number of halogens is 2. The highest BCUT2D eigenvalue weighted by atomic mass is 127. The maximum absolute atomic E-state index is 13.4.